The average molecular weight is 1050 g/mol. The Morgan fingerprint density at radius 3 is 1.74 bits per heavy atom. The SMILES string of the molecule is CC(C)(C)c1cc(Oc2[c-]c3c(cc2)c2cc(-c4ccccc4)ccc2n3-c2cc(C(C)(C)C)ccn2)[c-]c(N2C=C(c3ccccc3)N(c3cc(C(C)(C)C)cc(C(C)(C)C)c3)[CH-]2)c1.[Pt]. The van der Waals surface area contributed by atoms with Gasteiger partial charge in [-0.15, -0.1) is 53.6 Å². The number of fused-ring (bicyclic) bond motifs is 3. The van der Waals surface area contributed by atoms with Crippen LogP contribution in [0, 0.1) is 18.8 Å². The number of hydrogen-bond acceptors (Lipinski definition) is 4. The van der Waals surface area contributed by atoms with Gasteiger partial charge >= 0.3 is 0 Å². The van der Waals surface area contributed by atoms with E-state index < -0.39 is 0 Å². The molecule has 340 valence electrons. The molecule has 0 spiro atoms. The maximum Gasteiger partial charge on any atom is 0.135 e. The van der Waals surface area contributed by atoms with Crippen molar-refractivity contribution in [1.29, 1.82) is 0 Å². The van der Waals surface area contributed by atoms with E-state index in [4.69, 9.17) is 9.72 Å². The molecule has 6 heteroatoms. The van der Waals surface area contributed by atoms with E-state index in [0.29, 0.717) is 11.5 Å². The van der Waals surface area contributed by atoms with Crippen molar-refractivity contribution < 1.29 is 25.8 Å². The van der Waals surface area contributed by atoms with Crippen LogP contribution in [0.25, 0.3) is 44.4 Å². The average Bonchev–Trinajstić information content (AvgIpc) is 3.86. The van der Waals surface area contributed by atoms with E-state index in [-0.39, 0.29) is 42.7 Å². The molecule has 0 amide bonds. The van der Waals surface area contributed by atoms with Crippen molar-refractivity contribution in [2.24, 2.45) is 0 Å². The second kappa shape index (κ2) is 17.4. The molecule has 6 aromatic carbocycles. The maximum absolute atomic E-state index is 6.89. The zero-order valence-electron chi connectivity index (χ0n) is 40.4. The molecule has 0 fully saturated rings. The Bertz CT molecular complexity index is 3050. The van der Waals surface area contributed by atoms with Gasteiger partial charge in [0.2, 0.25) is 0 Å². The van der Waals surface area contributed by atoms with Crippen LogP contribution in [0.4, 0.5) is 11.4 Å². The van der Waals surface area contributed by atoms with Gasteiger partial charge in [0.05, 0.1) is 0 Å². The molecule has 3 heterocycles. The molecule has 0 aliphatic carbocycles. The summed E-state index contributed by atoms with van der Waals surface area (Å²) in [6.07, 6.45) is 4.14. The van der Waals surface area contributed by atoms with Crippen LogP contribution in [-0.4, -0.2) is 9.55 Å². The summed E-state index contributed by atoms with van der Waals surface area (Å²) < 4.78 is 9.12. The van der Waals surface area contributed by atoms with Crippen molar-refractivity contribution in [3.05, 3.63) is 192 Å². The van der Waals surface area contributed by atoms with Gasteiger partial charge in [-0.05, 0) is 97.0 Å². The fourth-order valence-corrected chi connectivity index (χ4v) is 8.50. The monoisotopic (exact) mass is 1050 g/mol. The largest absolute Gasteiger partial charge is 0.509 e. The third-order valence-electron chi connectivity index (χ3n) is 12.5. The van der Waals surface area contributed by atoms with Crippen molar-refractivity contribution in [3.8, 4) is 28.4 Å². The second-order valence-electron chi connectivity index (χ2n) is 21.7. The number of nitrogens with zero attached hydrogens (tertiary/aromatic N) is 4. The number of pyridine rings is 1. The van der Waals surface area contributed by atoms with E-state index in [1.54, 1.807) is 0 Å². The first-order valence-corrected chi connectivity index (χ1v) is 22.9. The van der Waals surface area contributed by atoms with E-state index in [1.807, 2.05) is 12.3 Å². The first-order chi connectivity index (χ1) is 30.7. The molecule has 9 rings (SSSR count). The van der Waals surface area contributed by atoms with E-state index in [9.17, 15) is 0 Å². The third kappa shape index (κ3) is 9.38. The smallest absolute Gasteiger partial charge is 0.135 e. The van der Waals surface area contributed by atoms with Crippen LogP contribution in [-0.2, 0) is 42.7 Å². The zero-order valence-corrected chi connectivity index (χ0v) is 42.7. The van der Waals surface area contributed by atoms with Crippen LogP contribution < -0.4 is 14.5 Å². The number of aromatic nitrogens is 2. The van der Waals surface area contributed by atoms with Gasteiger partial charge in [0.15, 0.2) is 0 Å². The molecular weight excluding hydrogens is 988 g/mol. The maximum atomic E-state index is 6.89. The molecule has 1 aliphatic rings. The van der Waals surface area contributed by atoms with Gasteiger partial charge in [-0.25, -0.2) is 4.98 Å². The summed E-state index contributed by atoms with van der Waals surface area (Å²) in [5, 5.41) is 2.21. The fourth-order valence-electron chi connectivity index (χ4n) is 8.50. The van der Waals surface area contributed by atoms with Crippen molar-refractivity contribution >= 4 is 38.9 Å². The summed E-state index contributed by atoms with van der Waals surface area (Å²) in [6.45, 7) is 29.4. The van der Waals surface area contributed by atoms with E-state index in [1.165, 1.54) is 22.3 Å². The van der Waals surface area contributed by atoms with Crippen molar-refractivity contribution in [1.82, 2.24) is 9.55 Å². The summed E-state index contributed by atoms with van der Waals surface area (Å²) in [5.74, 6) is 2.07. The molecule has 5 nitrogen and oxygen atoms in total. The molecule has 0 atom stereocenters. The van der Waals surface area contributed by atoms with Crippen molar-refractivity contribution in [3.63, 3.8) is 0 Å². The molecule has 0 saturated carbocycles. The number of hydrogen-bond donors (Lipinski definition) is 0. The van der Waals surface area contributed by atoms with Crippen LogP contribution in [0.5, 0.6) is 11.5 Å². The molecular formula is C60H61N4OPt-3. The summed E-state index contributed by atoms with van der Waals surface area (Å²) >= 11 is 0. The Morgan fingerprint density at radius 2 is 1.12 bits per heavy atom. The topological polar surface area (TPSA) is 33.5 Å². The summed E-state index contributed by atoms with van der Waals surface area (Å²) in [5.41, 5.74) is 13.2. The minimum Gasteiger partial charge on any atom is -0.509 e. The molecule has 0 radical (unpaired) electrons. The van der Waals surface area contributed by atoms with Gasteiger partial charge in [-0.1, -0.05) is 167 Å². The predicted octanol–water partition coefficient (Wildman–Crippen LogP) is 15.9. The van der Waals surface area contributed by atoms with Gasteiger partial charge in [0.25, 0.3) is 0 Å². The molecule has 0 saturated heterocycles. The van der Waals surface area contributed by atoms with Crippen molar-refractivity contribution in [2.75, 3.05) is 9.80 Å². The molecule has 2 aromatic heterocycles. The number of anilines is 2. The van der Waals surface area contributed by atoms with E-state index >= 15 is 0 Å². The quantitative estimate of drug-likeness (QED) is 0.149. The number of rotatable bonds is 7. The van der Waals surface area contributed by atoms with Gasteiger partial charge in [-0.2, -0.15) is 6.07 Å². The Kier molecular flexibility index (Phi) is 12.3. The van der Waals surface area contributed by atoms with Crippen LogP contribution in [0.3, 0.4) is 0 Å². The van der Waals surface area contributed by atoms with Crippen LogP contribution in [0.1, 0.15) is 111 Å². The van der Waals surface area contributed by atoms with Crippen molar-refractivity contribution in [2.45, 2.75) is 105 Å². The summed E-state index contributed by atoms with van der Waals surface area (Å²) in [6, 6.07) is 55.2. The second-order valence-corrected chi connectivity index (χ2v) is 21.7. The minimum atomic E-state index is -0.170. The standard InChI is InChI=1S/C60H61N4O.Pt/c1-57(2,3)43-27-28-61-56(35-43)64-53-26-23-42(40-19-15-13-16-20-40)29-52(53)51-25-24-49(37-54(51)64)65-50-34-46(60(10,11)12)31-47(36-50)62-38-55(41-21-17-14-18-22-41)63(39-62)48-32-44(58(4,5)6)30-45(33-48)59(7,8)9;/h13-35,38-39H,1-12H3;/q-3;. The molecule has 8 aromatic rings. The number of ether oxygens (including phenoxy) is 1. The van der Waals surface area contributed by atoms with Gasteiger partial charge in [0, 0.05) is 55.7 Å². The predicted molar refractivity (Wildman–Crippen MR) is 273 cm³/mol. The van der Waals surface area contributed by atoms with Crippen LogP contribution in [0.15, 0.2) is 146 Å². The summed E-state index contributed by atoms with van der Waals surface area (Å²) in [7, 11) is 0. The zero-order chi connectivity index (χ0) is 46.1. The minimum absolute atomic E-state index is 0. The fraction of sp³-hybridized carbons (Fsp3) is 0.267. The first-order valence-electron chi connectivity index (χ1n) is 22.9. The normalized spacial score (nSPS) is 13.6. The third-order valence-corrected chi connectivity index (χ3v) is 12.5. The first kappa shape index (κ1) is 46.6. The summed E-state index contributed by atoms with van der Waals surface area (Å²) in [4.78, 5) is 9.46. The van der Waals surface area contributed by atoms with Crippen LogP contribution in [0.2, 0.25) is 0 Å². The Labute approximate surface area is 407 Å². The molecule has 0 bridgehead atoms. The van der Waals surface area contributed by atoms with E-state index in [0.717, 1.165) is 61.4 Å². The molecule has 0 unspecified atom stereocenters. The Hall–Kier alpha value is -5.90. The number of benzene rings is 6. The van der Waals surface area contributed by atoms with Gasteiger partial charge < -0.3 is 19.1 Å². The van der Waals surface area contributed by atoms with Gasteiger partial charge in [-0.3, -0.25) is 0 Å². The molecule has 0 N–H and O–H groups in total. The Morgan fingerprint density at radius 1 is 0.515 bits per heavy atom. The van der Waals surface area contributed by atoms with E-state index in [2.05, 4.69) is 250 Å². The Balaban J connectivity index is 0.00000592. The van der Waals surface area contributed by atoms with Crippen LogP contribution >= 0.6 is 0 Å². The molecule has 66 heavy (non-hydrogen) atoms. The van der Waals surface area contributed by atoms with Gasteiger partial charge in [0.1, 0.15) is 5.82 Å². The molecule has 1 aliphatic heterocycles.